The molecule has 0 aliphatic carbocycles. The van der Waals surface area contributed by atoms with E-state index < -0.39 is 5.82 Å². The smallest absolute Gasteiger partial charge is 0.255 e. The van der Waals surface area contributed by atoms with E-state index in [2.05, 4.69) is 5.32 Å². The molecule has 5 rings (SSSR count). The van der Waals surface area contributed by atoms with Crippen LogP contribution in [0.2, 0.25) is 0 Å². The first-order valence-corrected chi connectivity index (χ1v) is 11.0. The zero-order valence-corrected chi connectivity index (χ0v) is 18.2. The number of aromatic nitrogens is 1. The van der Waals surface area contributed by atoms with Gasteiger partial charge in [0.05, 0.1) is 17.3 Å². The number of carbonyl (C=O) groups excluding carboxylic acids is 2. The van der Waals surface area contributed by atoms with Crippen LogP contribution in [0.15, 0.2) is 65.5 Å². The van der Waals surface area contributed by atoms with Crippen LogP contribution in [0.5, 0.6) is 0 Å². The maximum absolute atomic E-state index is 13.3. The summed E-state index contributed by atoms with van der Waals surface area (Å²) in [6, 6.07) is 16.9. The van der Waals surface area contributed by atoms with Crippen LogP contribution in [-0.4, -0.2) is 34.4 Å². The molecule has 2 bridgehead atoms. The van der Waals surface area contributed by atoms with Crippen LogP contribution in [0, 0.1) is 23.1 Å². The Morgan fingerprint density at radius 1 is 0.941 bits per heavy atom. The normalized spacial score (nSPS) is 18.5. The fraction of sp³-hybridized carbons (Fsp3) is 0.231. The minimum Gasteiger partial charge on any atom is -0.338 e. The zero-order chi connectivity index (χ0) is 23.8. The lowest BCUT2D eigenvalue weighted by atomic mass is 9.82. The molecule has 8 heteroatoms. The lowest BCUT2D eigenvalue weighted by Gasteiger charge is -2.43. The molecule has 1 N–H and O–H groups in total. The van der Waals surface area contributed by atoms with Gasteiger partial charge < -0.3 is 14.8 Å². The second-order valence-corrected chi connectivity index (χ2v) is 8.74. The van der Waals surface area contributed by atoms with Gasteiger partial charge in [-0.2, -0.15) is 5.26 Å². The number of benzene rings is 2. The van der Waals surface area contributed by atoms with Crippen molar-refractivity contribution in [1.82, 2.24) is 9.47 Å². The van der Waals surface area contributed by atoms with Crippen molar-refractivity contribution < 1.29 is 14.0 Å². The largest absolute Gasteiger partial charge is 0.338 e. The molecule has 170 valence electrons. The molecule has 1 fully saturated rings. The predicted molar refractivity (Wildman–Crippen MR) is 123 cm³/mol. The van der Waals surface area contributed by atoms with Gasteiger partial charge in [-0.15, -0.1) is 0 Å². The van der Waals surface area contributed by atoms with Crippen molar-refractivity contribution in [3.8, 4) is 6.07 Å². The summed E-state index contributed by atoms with van der Waals surface area (Å²) in [7, 11) is 0. The van der Waals surface area contributed by atoms with Crippen LogP contribution < -0.4 is 10.9 Å². The standard InChI is InChI=1S/C26H21FN4O3/c27-21-7-5-19(6-8-21)26(34)30-13-17-11-20(15-30)24-22(9-10-23(32)31(24)14-17)29-25(33)18-3-1-16(12-28)2-4-18/h1-10,17,20H,11,13-15H2,(H,29,33). The van der Waals surface area contributed by atoms with Crippen molar-refractivity contribution in [1.29, 1.82) is 5.26 Å². The number of amides is 2. The first-order valence-electron chi connectivity index (χ1n) is 11.0. The van der Waals surface area contributed by atoms with E-state index in [1.165, 1.54) is 30.3 Å². The van der Waals surface area contributed by atoms with Crippen molar-refractivity contribution in [3.63, 3.8) is 0 Å². The number of piperidine rings is 1. The Labute approximate surface area is 195 Å². The average Bonchev–Trinajstić information content (AvgIpc) is 2.85. The SMILES string of the molecule is N#Cc1ccc(C(=O)Nc2ccc(=O)n3c2C2CC(CN(C(=O)c4ccc(F)cc4)C2)C3)cc1. The van der Waals surface area contributed by atoms with Gasteiger partial charge in [0.15, 0.2) is 0 Å². The minimum atomic E-state index is -0.400. The number of nitrogens with zero attached hydrogens (tertiary/aromatic N) is 3. The van der Waals surface area contributed by atoms with Crippen molar-refractivity contribution in [2.45, 2.75) is 18.9 Å². The maximum atomic E-state index is 13.3. The van der Waals surface area contributed by atoms with E-state index >= 15 is 0 Å². The van der Waals surface area contributed by atoms with Gasteiger partial charge in [-0.05, 0) is 66.9 Å². The van der Waals surface area contributed by atoms with Crippen LogP contribution in [-0.2, 0) is 6.54 Å². The number of rotatable bonds is 3. The topological polar surface area (TPSA) is 95.2 Å². The number of hydrogen-bond donors (Lipinski definition) is 1. The molecule has 2 amide bonds. The van der Waals surface area contributed by atoms with E-state index in [1.807, 2.05) is 6.07 Å². The van der Waals surface area contributed by atoms with Crippen LogP contribution in [0.1, 0.15) is 44.3 Å². The number of nitriles is 1. The van der Waals surface area contributed by atoms with E-state index in [-0.39, 0.29) is 29.2 Å². The van der Waals surface area contributed by atoms with Crippen LogP contribution in [0.25, 0.3) is 0 Å². The van der Waals surface area contributed by atoms with Gasteiger partial charge in [0, 0.05) is 48.4 Å². The molecule has 0 spiro atoms. The molecule has 1 aromatic heterocycles. The molecular formula is C26H21FN4O3. The van der Waals surface area contributed by atoms with E-state index in [9.17, 15) is 18.8 Å². The van der Waals surface area contributed by atoms with Gasteiger partial charge in [0.25, 0.3) is 17.4 Å². The van der Waals surface area contributed by atoms with Crippen molar-refractivity contribution in [3.05, 3.63) is 99.2 Å². The van der Waals surface area contributed by atoms with Crippen molar-refractivity contribution in [2.24, 2.45) is 5.92 Å². The van der Waals surface area contributed by atoms with E-state index in [1.54, 1.807) is 39.8 Å². The second kappa shape index (κ2) is 8.60. The zero-order valence-electron chi connectivity index (χ0n) is 18.2. The Bertz CT molecular complexity index is 1370. The van der Waals surface area contributed by atoms with Gasteiger partial charge in [0.2, 0.25) is 0 Å². The number of hydrogen-bond acceptors (Lipinski definition) is 4. The quantitative estimate of drug-likeness (QED) is 0.654. The summed E-state index contributed by atoms with van der Waals surface area (Å²) in [6.07, 6.45) is 0.802. The number of likely N-dealkylation sites (tertiary alicyclic amines) is 1. The van der Waals surface area contributed by atoms with Crippen LogP contribution >= 0.6 is 0 Å². The Morgan fingerprint density at radius 3 is 2.35 bits per heavy atom. The second-order valence-electron chi connectivity index (χ2n) is 8.74. The third kappa shape index (κ3) is 3.97. The third-order valence-corrected chi connectivity index (χ3v) is 6.49. The lowest BCUT2D eigenvalue weighted by molar-refractivity contribution is 0.0595. The predicted octanol–water partition coefficient (Wildman–Crippen LogP) is 3.37. The van der Waals surface area contributed by atoms with E-state index in [0.29, 0.717) is 47.7 Å². The van der Waals surface area contributed by atoms with Gasteiger partial charge in [-0.25, -0.2) is 4.39 Å². The average molecular weight is 456 g/mol. The van der Waals surface area contributed by atoms with Crippen molar-refractivity contribution in [2.75, 3.05) is 18.4 Å². The number of pyridine rings is 1. The summed E-state index contributed by atoms with van der Waals surface area (Å²) in [5.74, 6) is -0.935. The van der Waals surface area contributed by atoms with Gasteiger partial charge in [-0.3, -0.25) is 14.4 Å². The number of nitrogens with one attached hydrogen (secondary N) is 1. The maximum Gasteiger partial charge on any atom is 0.255 e. The molecule has 7 nitrogen and oxygen atoms in total. The number of fused-ring (bicyclic) bond motifs is 4. The highest BCUT2D eigenvalue weighted by atomic mass is 19.1. The molecule has 34 heavy (non-hydrogen) atoms. The number of carbonyl (C=O) groups is 2. The van der Waals surface area contributed by atoms with Crippen LogP contribution in [0.4, 0.5) is 10.1 Å². The summed E-state index contributed by atoms with van der Waals surface area (Å²) in [6.45, 7) is 1.37. The highest BCUT2D eigenvalue weighted by Crippen LogP contribution is 2.39. The molecule has 0 radical (unpaired) electrons. The molecule has 2 aliphatic heterocycles. The first kappa shape index (κ1) is 21.6. The van der Waals surface area contributed by atoms with Gasteiger partial charge in [-0.1, -0.05) is 0 Å². The number of anilines is 1. The lowest BCUT2D eigenvalue weighted by Crippen LogP contribution is -2.49. The van der Waals surface area contributed by atoms with Gasteiger partial charge in [0.1, 0.15) is 5.82 Å². The van der Waals surface area contributed by atoms with Crippen molar-refractivity contribution >= 4 is 17.5 Å². The molecule has 1 saturated heterocycles. The molecule has 2 unspecified atom stereocenters. The Hall–Kier alpha value is -4.25. The van der Waals surface area contributed by atoms with Gasteiger partial charge >= 0.3 is 0 Å². The molecule has 0 saturated carbocycles. The molecular weight excluding hydrogens is 435 g/mol. The summed E-state index contributed by atoms with van der Waals surface area (Å²) in [5, 5.41) is 11.9. The Balaban J connectivity index is 1.43. The highest BCUT2D eigenvalue weighted by Gasteiger charge is 2.38. The minimum absolute atomic E-state index is 0.109. The third-order valence-electron chi connectivity index (χ3n) is 6.49. The summed E-state index contributed by atoms with van der Waals surface area (Å²) in [4.78, 5) is 40.3. The van der Waals surface area contributed by atoms with E-state index in [4.69, 9.17) is 5.26 Å². The molecule has 2 aliphatic rings. The fourth-order valence-corrected chi connectivity index (χ4v) is 4.95. The molecule has 2 atom stereocenters. The molecule has 3 heterocycles. The Kier molecular flexibility index (Phi) is 5.46. The monoisotopic (exact) mass is 456 g/mol. The summed E-state index contributed by atoms with van der Waals surface area (Å²) < 4.78 is 15.0. The first-order chi connectivity index (χ1) is 16.4. The summed E-state index contributed by atoms with van der Waals surface area (Å²) >= 11 is 0. The van der Waals surface area contributed by atoms with Crippen LogP contribution in [0.3, 0.4) is 0 Å². The number of halogens is 1. The summed E-state index contributed by atoms with van der Waals surface area (Å²) in [5.41, 5.74) is 2.38. The molecule has 2 aromatic carbocycles. The fourth-order valence-electron chi connectivity index (χ4n) is 4.95. The van der Waals surface area contributed by atoms with E-state index in [0.717, 1.165) is 6.42 Å². The highest BCUT2D eigenvalue weighted by molar-refractivity contribution is 6.04. The molecule has 3 aromatic rings. The Morgan fingerprint density at radius 2 is 1.65 bits per heavy atom.